The maximum absolute atomic E-state index is 11.9. The van der Waals surface area contributed by atoms with Gasteiger partial charge in [0.25, 0.3) is 5.91 Å². The molecular weight excluding hydrogens is 348 g/mol. The second-order valence-electron chi connectivity index (χ2n) is 5.91. The maximum atomic E-state index is 11.9. The Morgan fingerprint density at radius 1 is 1.19 bits per heavy atom. The van der Waals surface area contributed by atoms with E-state index in [1.54, 1.807) is 31.2 Å². The molecule has 0 fully saturated rings. The van der Waals surface area contributed by atoms with Crippen molar-refractivity contribution >= 4 is 17.6 Å². The second-order valence-corrected chi connectivity index (χ2v) is 5.91. The first-order valence-corrected chi connectivity index (χ1v) is 8.28. The summed E-state index contributed by atoms with van der Waals surface area (Å²) >= 11 is 0. The molecular formula is C20H21N2O5-. The summed E-state index contributed by atoms with van der Waals surface area (Å²) in [7, 11) is 1.46. The predicted molar refractivity (Wildman–Crippen MR) is 98.7 cm³/mol. The van der Waals surface area contributed by atoms with Crippen molar-refractivity contribution in [3.05, 3.63) is 59.2 Å². The number of hydrazone groups is 1. The zero-order chi connectivity index (χ0) is 19.8. The van der Waals surface area contributed by atoms with Crippen molar-refractivity contribution in [3.63, 3.8) is 0 Å². The first kappa shape index (κ1) is 20.0. The highest BCUT2D eigenvalue weighted by molar-refractivity contribution is 5.99. The average Bonchev–Trinajstić information content (AvgIpc) is 2.64. The van der Waals surface area contributed by atoms with E-state index < -0.39 is 11.9 Å². The van der Waals surface area contributed by atoms with Crippen LogP contribution >= 0.6 is 0 Å². The second kappa shape index (κ2) is 9.38. The summed E-state index contributed by atoms with van der Waals surface area (Å²) in [6, 6.07) is 12.4. The Morgan fingerprint density at radius 3 is 2.63 bits per heavy atom. The lowest BCUT2D eigenvalue weighted by Crippen LogP contribution is -2.26. The molecule has 0 spiro atoms. The van der Waals surface area contributed by atoms with Gasteiger partial charge in [0, 0.05) is 18.0 Å². The number of benzene rings is 2. The average molecular weight is 369 g/mol. The van der Waals surface area contributed by atoms with Gasteiger partial charge >= 0.3 is 0 Å². The van der Waals surface area contributed by atoms with Crippen LogP contribution < -0.4 is 20.0 Å². The van der Waals surface area contributed by atoms with Gasteiger partial charge in [-0.15, -0.1) is 0 Å². The number of aryl methyl sites for hydroxylation is 1. The minimum Gasteiger partial charge on any atom is -0.550 e. The fourth-order valence-electron chi connectivity index (χ4n) is 2.39. The van der Waals surface area contributed by atoms with Gasteiger partial charge in [-0.2, -0.15) is 5.10 Å². The van der Waals surface area contributed by atoms with E-state index >= 15 is 0 Å². The van der Waals surface area contributed by atoms with E-state index in [-0.39, 0.29) is 13.0 Å². The van der Waals surface area contributed by atoms with Gasteiger partial charge < -0.3 is 19.4 Å². The lowest BCUT2D eigenvalue weighted by molar-refractivity contribution is -0.304. The number of ether oxygens (including phenoxy) is 2. The van der Waals surface area contributed by atoms with E-state index in [1.807, 2.05) is 25.1 Å². The largest absolute Gasteiger partial charge is 0.550 e. The van der Waals surface area contributed by atoms with E-state index in [2.05, 4.69) is 10.5 Å². The Kier molecular flexibility index (Phi) is 6.93. The van der Waals surface area contributed by atoms with Crippen LogP contribution in [0.1, 0.15) is 23.6 Å². The van der Waals surface area contributed by atoms with Crippen molar-refractivity contribution in [1.82, 2.24) is 5.43 Å². The minimum absolute atomic E-state index is 0.168. The number of amides is 1. The van der Waals surface area contributed by atoms with Gasteiger partial charge in [-0.25, -0.2) is 5.43 Å². The predicted octanol–water partition coefficient (Wildman–Crippen LogP) is 1.22. The Balaban J connectivity index is 1.99. The zero-order valence-electron chi connectivity index (χ0n) is 15.4. The molecule has 0 aliphatic carbocycles. The molecule has 0 saturated carbocycles. The summed E-state index contributed by atoms with van der Waals surface area (Å²) in [5.41, 5.74) is 5.10. The van der Waals surface area contributed by atoms with Crippen LogP contribution in [0.25, 0.3) is 0 Å². The number of carbonyl (C=O) groups is 2. The van der Waals surface area contributed by atoms with E-state index in [1.165, 1.54) is 7.11 Å². The van der Waals surface area contributed by atoms with Crippen molar-refractivity contribution in [1.29, 1.82) is 0 Å². The van der Waals surface area contributed by atoms with Gasteiger partial charge in [0.15, 0.2) is 6.61 Å². The molecule has 0 atom stereocenters. The number of methoxy groups -OCH3 is 1. The summed E-state index contributed by atoms with van der Waals surface area (Å²) in [4.78, 5) is 22.8. The fourth-order valence-corrected chi connectivity index (χ4v) is 2.39. The van der Waals surface area contributed by atoms with Gasteiger partial charge in [-0.1, -0.05) is 12.1 Å². The number of aliphatic carboxylic acids is 1. The van der Waals surface area contributed by atoms with Gasteiger partial charge in [0.1, 0.15) is 11.5 Å². The maximum Gasteiger partial charge on any atom is 0.277 e. The SMILES string of the molecule is COc1ccc(/C(C)=N\NC(=O)COc2cccc(C)c2)cc1CC(=O)[O-]. The van der Waals surface area contributed by atoms with Crippen molar-refractivity contribution in [3.8, 4) is 11.5 Å². The first-order chi connectivity index (χ1) is 12.9. The molecule has 0 radical (unpaired) electrons. The monoisotopic (exact) mass is 369 g/mol. The molecule has 1 amide bonds. The summed E-state index contributed by atoms with van der Waals surface area (Å²) in [5.74, 6) is -0.555. The van der Waals surface area contributed by atoms with Gasteiger partial charge in [-0.3, -0.25) is 4.79 Å². The molecule has 7 heteroatoms. The number of hydrogen-bond acceptors (Lipinski definition) is 6. The standard InChI is InChI=1S/C20H22N2O5/c1-13-5-4-6-17(9-13)27-12-19(23)22-21-14(2)15-7-8-18(26-3)16(10-15)11-20(24)25/h4-10H,11-12H2,1-3H3,(H,22,23)(H,24,25)/p-1/b21-14-. The van der Waals surface area contributed by atoms with Crippen molar-refractivity contribution in [2.75, 3.05) is 13.7 Å². The van der Waals surface area contributed by atoms with E-state index in [9.17, 15) is 14.7 Å². The Bertz CT molecular complexity index is 861. The molecule has 2 rings (SSSR count). The molecule has 0 heterocycles. The smallest absolute Gasteiger partial charge is 0.277 e. The van der Waals surface area contributed by atoms with Crippen molar-refractivity contribution in [2.45, 2.75) is 20.3 Å². The minimum atomic E-state index is -1.21. The van der Waals surface area contributed by atoms with E-state index in [4.69, 9.17) is 9.47 Å². The van der Waals surface area contributed by atoms with Gasteiger partial charge in [-0.05, 0) is 55.3 Å². The Labute approximate surface area is 157 Å². The normalized spacial score (nSPS) is 11.0. The van der Waals surface area contributed by atoms with Crippen LogP contribution in [0.15, 0.2) is 47.6 Å². The number of carbonyl (C=O) groups excluding carboxylic acids is 2. The van der Waals surface area contributed by atoms with Crippen LogP contribution in [0.4, 0.5) is 0 Å². The molecule has 142 valence electrons. The van der Waals surface area contributed by atoms with Crippen molar-refractivity contribution in [2.24, 2.45) is 5.10 Å². The van der Waals surface area contributed by atoms with Crippen LogP contribution in [0.5, 0.6) is 11.5 Å². The molecule has 7 nitrogen and oxygen atoms in total. The molecule has 0 bridgehead atoms. The third-order valence-electron chi connectivity index (χ3n) is 3.74. The highest BCUT2D eigenvalue weighted by atomic mass is 16.5. The molecule has 27 heavy (non-hydrogen) atoms. The van der Waals surface area contributed by atoms with Gasteiger partial charge in [0.05, 0.1) is 12.8 Å². The molecule has 0 aromatic heterocycles. The van der Waals surface area contributed by atoms with Gasteiger partial charge in [0.2, 0.25) is 0 Å². The number of hydrogen-bond donors (Lipinski definition) is 1. The summed E-state index contributed by atoms with van der Waals surface area (Å²) < 4.78 is 10.6. The van der Waals surface area contributed by atoms with E-state index in [0.717, 1.165) is 5.56 Å². The third kappa shape index (κ3) is 6.14. The van der Waals surface area contributed by atoms with Crippen molar-refractivity contribution < 1.29 is 24.2 Å². The fraction of sp³-hybridized carbons (Fsp3) is 0.250. The Morgan fingerprint density at radius 2 is 1.96 bits per heavy atom. The first-order valence-electron chi connectivity index (χ1n) is 8.28. The molecule has 1 N–H and O–H groups in total. The highest BCUT2D eigenvalue weighted by Crippen LogP contribution is 2.20. The summed E-state index contributed by atoms with van der Waals surface area (Å²) in [6.07, 6.45) is -0.277. The third-order valence-corrected chi connectivity index (χ3v) is 3.74. The summed E-state index contributed by atoms with van der Waals surface area (Å²) in [6.45, 7) is 3.47. The lowest BCUT2D eigenvalue weighted by Gasteiger charge is -2.11. The lowest BCUT2D eigenvalue weighted by atomic mass is 10.0. The van der Waals surface area contributed by atoms with E-state index in [0.29, 0.717) is 28.3 Å². The molecule has 0 saturated heterocycles. The molecule has 0 aliphatic heterocycles. The molecule has 0 unspecified atom stereocenters. The molecule has 0 aliphatic rings. The van der Waals surface area contributed by atoms with Crippen LogP contribution in [0.3, 0.4) is 0 Å². The zero-order valence-corrected chi connectivity index (χ0v) is 15.4. The van der Waals surface area contributed by atoms with Crippen LogP contribution in [0.2, 0.25) is 0 Å². The highest BCUT2D eigenvalue weighted by Gasteiger charge is 2.08. The topological polar surface area (TPSA) is 100 Å². The Hall–Kier alpha value is -3.35. The quantitative estimate of drug-likeness (QED) is 0.557. The van der Waals surface area contributed by atoms with Crippen LogP contribution in [-0.4, -0.2) is 31.3 Å². The summed E-state index contributed by atoms with van der Waals surface area (Å²) in [5, 5.41) is 14.9. The number of carboxylic acids is 1. The van der Waals surface area contributed by atoms with Crippen LogP contribution in [-0.2, 0) is 16.0 Å². The number of carboxylic acid groups (broad SMARTS) is 1. The number of nitrogens with zero attached hydrogens (tertiary/aromatic N) is 1. The molecule has 2 aromatic carbocycles. The number of nitrogens with one attached hydrogen (secondary N) is 1. The van der Waals surface area contributed by atoms with Crippen LogP contribution in [0, 0.1) is 6.92 Å². The number of rotatable bonds is 8. The molecule has 2 aromatic rings.